The van der Waals surface area contributed by atoms with Crippen molar-refractivity contribution in [2.45, 2.75) is 26.7 Å². The smallest absolute Gasteiger partial charge is 0.170 e. The van der Waals surface area contributed by atoms with Gasteiger partial charge in [0.05, 0.1) is 7.11 Å². The molecule has 88 valence electrons. The highest BCUT2D eigenvalue weighted by atomic mass is 16.5. The van der Waals surface area contributed by atoms with Gasteiger partial charge in [-0.3, -0.25) is 4.79 Å². The molecule has 4 nitrogen and oxygen atoms in total. The second kappa shape index (κ2) is 4.88. The Morgan fingerprint density at radius 1 is 1.44 bits per heavy atom. The summed E-state index contributed by atoms with van der Waals surface area (Å²) in [6, 6.07) is 1.35. The summed E-state index contributed by atoms with van der Waals surface area (Å²) in [6.07, 6.45) is 1.04. The van der Waals surface area contributed by atoms with Gasteiger partial charge in [-0.1, -0.05) is 6.92 Å². The quantitative estimate of drug-likeness (QED) is 0.770. The molecule has 0 aromatic heterocycles. The lowest BCUT2D eigenvalue weighted by Crippen LogP contribution is -2.03. The van der Waals surface area contributed by atoms with E-state index in [1.165, 1.54) is 13.2 Å². The molecule has 4 heteroatoms. The summed E-state index contributed by atoms with van der Waals surface area (Å²) in [5.41, 5.74) is 0.444. The van der Waals surface area contributed by atoms with Crippen molar-refractivity contribution in [3.05, 3.63) is 17.2 Å². The molecule has 2 N–H and O–H groups in total. The van der Waals surface area contributed by atoms with Gasteiger partial charge in [-0.25, -0.2) is 0 Å². The highest BCUT2D eigenvalue weighted by Gasteiger charge is 2.20. The maximum Gasteiger partial charge on any atom is 0.170 e. The van der Waals surface area contributed by atoms with E-state index in [2.05, 4.69) is 0 Å². The number of carbonyl (C=O) groups is 1. The Morgan fingerprint density at radius 3 is 2.56 bits per heavy atom. The van der Waals surface area contributed by atoms with Gasteiger partial charge in [0.15, 0.2) is 5.78 Å². The second-order valence-corrected chi connectivity index (χ2v) is 3.62. The van der Waals surface area contributed by atoms with Crippen molar-refractivity contribution in [1.82, 2.24) is 0 Å². The molecule has 0 aliphatic rings. The van der Waals surface area contributed by atoms with E-state index in [9.17, 15) is 15.0 Å². The van der Waals surface area contributed by atoms with E-state index in [1.807, 2.05) is 6.92 Å². The molecule has 0 amide bonds. The highest BCUT2D eigenvalue weighted by molar-refractivity contribution is 6.02. The summed E-state index contributed by atoms with van der Waals surface area (Å²) in [6.45, 7) is 3.43. The summed E-state index contributed by atoms with van der Waals surface area (Å²) in [4.78, 5) is 11.8. The summed E-state index contributed by atoms with van der Waals surface area (Å²) >= 11 is 0. The van der Waals surface area contributed by atoms with Crippen molar-refractivity contribution in [1.29, 1.82) is 0 Å². The molecule has 1 aromatic rings. The highest BCUT2D eigenvalue weighted by Crippen LogP contribution is 2.37. The van der Waals surface area contributed by atoms with Gasteiger partial charge in [0, 0.05) is 18.1 Å². The predicted molar refractivity (Wildman–Crippen MR) is 60.3 cm³/mol. The number of hydrogen-bond acceptors (Lipinski definition) is 4. The molecule has 16 heavy (non-hydrogen) atoms. The van der Waals surface area contributed by atoms with Gasteiger partial charge in [0.25, 0.3) is 0 Å². The van der Waals surface area contributed by atoms with Crippen molar-refractivity contribution in [2.75, 3.05) is 7.11 Å². The molecule has 0 saturated carbocycles. The van der Waals surface area contributed by atoms with Gasteiger partial charge in [-0.05, 0) is 13.3 Å². The summed E-state index contributed by atoms with van der Waals surface area (Å²) in [5.74, 6) is -0.253. The van der Waals surface area contributed by atoms with Crippen LogP contribution in [0.1, 0.15) is 35.7 Å². The first-order chi connectivity index (χ1) is 7.52. The van der Waals surface area contributed by atoms with Crippen molar-refractivity contribution in [3.63, 3.8) is 0 Å². The van der Waals surface area contributed by atoms with E-state index >= 15 is 0 Å². The zero-order valence-corrected chi connectivity index (χ0v) is 9.70. The number of ketones is 1. The van der Waals surface area contributed by atoms with Gasteiger partial charge >= 0.3 is 0 Å². The zero-order valence-electron chi connectivity index (χ0n) is 9.70. The molecular formula is C12H16O4. The molecule has 0 unspecified atom stereocenters. The second-order valence-electron chi connectivity index (χ2n) is 3.62. The summed E-state index contributed by atoms with van der Waals surface area (Å²) in [5, 5.41) is 19.3. The Hall–Kier alpha value is -1.71. The minimum absolute atomic E-state index is 0.0811. The number of rotatable bonds is 4. The third-order valence-electron chi connectivity index (χ3n) is 2.47. The predicted octanol–water partition coefficient (Wildman–Crippen LogP) is 2.40. The van der Waals surface area contributed by atoms with Gasteiger partial charge in [0.2, 0.25) is 0 Å². The Morgan fingerprint density at radius 2 is 2.06 bits per heavy atom. The van der Waals surface area contributed by atoms with Crippen LogP contribution in [0, 0.1) is 6.92 Å². The van der Waals surface area contributed by atoms with Crippen molar-refractivity contribution in [3.8, 4) is 17.2 Å². The van der Waals surface area contributed by atoms with Gasteiger partial charge < -0.3 is 14.9 Å². The van der Waals surface area contributed by atoms with Crippen LogP contribution in [0.3, 0.4) is 0 Å². The standard InChI is InChI=1S/C12H16O4/c1-4-5-8(13)11-10(16-3)6-9(14)7(2)12(11)15/h6,14-15H,4-5H2,1-3H3. The number of aromatic hydroxyl groups is 2. The number of phenolic OH excluding ortho intramolecular Hbond substituents is 2. The Kier molecular flexibility index (Phi) is 3.77. The lowest BCUT2D eigenvalue weighted by atomic mass is 10.0. The Labute approximate surface area is 94.5 Å². The summed E-state index contributed by atoms with van der Waals surface area (Å²) in [7, 11) is 1.40. The van der Waals surface area contributed by atoms with Crippen molar-refractivity contribution in [2.24, 2.45) is 0 Å². The van der Waals surface area contributed by atoms with Crippen LogP contribution >= 0.6 is 0 Å². The van der Waals surface area contributed by atoms with Crippen LogP contribution in [0.4, 0.5) is 0 Å². The average molecular weight is 224 g/mol. The fourth-order valence-corrected chi connectivity index (χ4v) is 1.51. The number of ether oxygens (including phenoxy) is 1. The number of benzene rings is 1. The third-order valence-corrected chi connectivity index (χ3v) is 2.47. The molecule has 0 fully saturated rings. The van der Waals surface area contributed by atoms with Gasteiger partial charge in [-0.15, -0.1) is 0 Å². The fourth-order valence-electron chi connectivity index (χ4n) is 1.51. The molecular weight excluding hydrogens is 208 g/mol. The van der Waals surface area contributed by atoms with Crippen LogP contribution in [-0.2, 0) is 0 Å². The molecule has 0 heterocycles. The van der Waals surface area contributed by atoms with Crippen LogP contribution in [0.25, 0.3) is 0 Å². The van der Waals surface area contributed by atoms with E-state index in [4.69, 9.17) is 4.74 Å². The molecule has 0 aliphatic carbocycles. The first-order valence-electron chi connectivity index (χ1n) is 5.15. The molecule has 0 spiro atoms. The largest absolute Gasteiger partial charge is 0.507 e. The van der Waals surface area contributed by atoms with Crippen LogP contribution in [0.5, 0.6) is 17.2 Å². The summed E-state index contributed by atoms with van der Waals surface area (Å²) < 4.78 is 4.99. The maximum atomic E-state index is 11.8. The third kappa shape index (κ3) is 2.10. The molecule has 0 saturated heterocycles. The Bertz CT molecular complexity index is 410. The molecule has 0 radical (unpaired) electrons. The van der Waals surface area contributed by atoms with E-state index in [-0.39, 0.29) is 28.6 Å². The lowest BCUT2D eigenvalue weighted by molar-refractivity contribution is 0.0976. The lowest BCUT2D eigenvalue weighted by Gasteiger charge is -2.12. The van der Waals surface area contributed by atoms with Gasteiger partial charge in [-0.2, -0.15) is 0 Å². The Balaban J connectivity index is 3.35. The van der Waals surface area contributed by atoms with Crippen LogP contribution < -0.4 is 4.74 Å². The van der Waals surface area contributed by atoms with E-state index in [0.717, 1.165) is 0 Å². The van der Waals surface area contributed by atoms with Crippen molar-refractivity contribution < 1.29 is 19.7 Å². The molecule has 0 aliphatic heterocycles. The molecule has 1 rings (SSSR count). The number of Topliss-reactive ketones (excluding diaryl/α,β-unsaturated/α-hetero) is 1. The fraction of sp³-hybridized carbons (Fsp3) is 0.417. The zero-order chi connectivity index (χ0) is 12.3. The van der Waals surface area contributed by atoms with Crippen LogP contribution in [-0.4, -0.2) is 23.1 Å². The topological polar surface area (TPSA) is 66.8 Å². The van der Waals surface area contributed by atoms with E-state index in [1.54, 1.807) is 6.92 Å². The molecule has 1 aromatic carbocycles. The van der Waals surface area contributed by atoms with E-state index < -0.39 is 0 Å². The first-order valence-corrected chi connectivity index (χ1v) is 5.15. The minimum Gasteiger partial charge on any atom is -0.507 e. The number of phenols is 2. The average Bonchev–Trinajstić information content (AvgIpc) is 2.25. The monoisotopic (exact) mass is 224 g/mol. The normalized spacial score (nSPS) is 10.2. The van der Waals surface area contributed by atoms with Crippen LogP contribution in [0.2, 0.25) is 0 Å². The number of methoxy groups -OCH3 is 1. The molecule has 0 atom stereocenters. The van der Waals surface area contributed by atoms with E-state index in [0.29, 0.717) is 18.4 Å². The number of carbonyl (C=O) groups excluding carboxylic acids is 1. The SMILES string of the molecule is CCCC(=O)c1c(OC)cc(O)c(C)c1O. The minimum atomic E-state index is -0.199. The van der Waals surface area contributed by atoms with Crippen molar-refractivity contribution >= 4 is 5.78 Å². The van der Waals surface area contributed by atoms with Crippen LogP contribution in [0.15, 0.2) is 6.07 Å². The number of hydrogen-bond donors (Lipinski definition) is 2. The first kappa shape index (κ1) is 12.4. The molecule has 0 bridgehead atoms. The maximum absolute atomic E-state index is 11.8. The van der Waals surface area contributed by atoms with Gasteiger partial charge in [0.1, 0.15) is 22.8 Å².